The van der Waals surface area contributed by atoms with Gasteiger partial charge >= 0.3 is 0 Å². The molecular weight excluding hydrogens is 294 g/mol. The van der Waals surface area contributed by atoms with Gasteiger partial charge in [0.25, 0.3) is 5.56 Å². The van der Waals surface area contributed by atoms with Crippen LogP contribution in [-0.4, -0.2) is 26.5 Å². The fourth-order valence-electron chi connectivity index (χ4n) is 1.46. The van der Waals surface area contributed by atoms with Crippen molar-refractivity contribution in [1.29, 1.82) is 0 Å². The molecule has 0 fully saturated rings. The van der Waals surface area contributed by atoms with Crippen LogP contribution in [0.5, 0.6) is 0 Å². The molecule has 0 unspecified atom stereocenters. The van der Waals surface area contributed by atoms with Gasteiger partial charge < -0.3 is 20.9 Å². The van der Waals surface area contributed by atoms with Gasteiger partial charge in [0.15, 0.2) is 11.0 Å². The average Bonchev–Trinajstić information content (AvgIpc) is 2.43. The van der Waals surface area contributed by atoms with E-state index in [1.54, 1.807) is 6.07 Å². The minimum atomic E-state index is -0.328. The van der Waals surface area contributed by atoms with Crippen molar-refractivity contribution in [2.24, 2.45) is 5.84 Å². The van der Waals surface area contributed by atoms with Crippen molar-refractivity contribution in [3.05, 3.63) is 28.3 Å². The van der Waals surface area contributed by atoms with Crippen LogP contribution in [0.15, 0.2) is 27.1 Å². The van der Waals surface area contributed by atoms with Gasteiger partial charge in [-0.2, -0.15) is 0 Å². The van der Waals surface area contributed by atoms with Gasteiger partial charge in [-0.3, -0.25) is 4.79 Å². The van der Waals surface area contributed by atoms with E-state index in [1.165, 1.54) is 6.07 Å². The normalized spacial score (nSPS) is 10.6. The number of nitrogens with two attached hydrogens (primary N) is 2. The summed E-state index contributed by atoms with van der Waals surface area (Å²) in [5, 5.41) is 0.894. The van der Waals surface area contributed by atoms with Crippen LogP contribution in [0.2, 0.25) is 0 Å². The first-order valence-electron chi connectivity index (χ1n) is 6.07. The second-order valence-electron chi connectivity index (χ2n) is 3.87. The quantitative estimate of drug-likeness (QED) is 0.253. The highest BCUT2D eigenvalue weighted by Crippen LogP contribution is 2.24. The lowest BCUT2D eigenvalue weighted by atomic mass is 10.5. The van der Waals surface area contributed by atoms with Crippen LogP contribution in [0.3, 0.4) is 0 Å². The van der Waals surface area contributed by atoms with Crippen LogP contribution in [0.4, 0.5) is 11.6 Å². The average molecular weight is 309 g/mol. The first-order valence-corrected chi connectivity index (χ1v) is 6.89. The van der Waals surface area contributed by atoms with E-state index in [4.69, 9.17) is 16.3 Å². The van der Waals surface area contributed by atoms with E-state index in [0.29, 0.717) is 28.4 Å². The summed E-state index contributed by atoms with van der Waals surface area (Å²) < 4.78 is 5.27. The summed E-state index contributed by atoms with van der Waals surface area (Å²) in [6, 6.07) is 2.83. The van der Waals surface area contributed by atoms with Gasteiger partial charge in [0.05, 0.1) is 0 Å². The molecule has 0 spiro atoms. The van der Waals surface area contributed by atoms with E-state index < -0.39 is 0 Å². The Hall–Kier alpha value is -2.17. The van der Waals surface area contributed by atoms with Crippen LogP contribution in [0.25, 0.3) is 0 Å². The van der Waals surface area contributed by atoms with E-state index in [9.17, 15) is 4.79 Å². The zero-order chi connectivity index (χ0) is 15.2. The minimum absolute atomic E-state index is 0.141. The van der Waals surface area contributed by atoms with E-state index in [-0.39, 0.29) is 18.0 Å². The molecule has 0 aliphatic rings. The monoisotopic (exact) mass is 309 g/mol. The Morgan fingerprint density at radius 1 is 1.38 bits per heavy atom. The number of ether oxygens (including phenoxy) is 1. The maximum Gasteiger partial charge on any atom is 0.253 e. The molecule has 0 bridgehead atoms. The Morgan fingerprint density at radius 2 is 2.19 bits per heavy atom. The van der Waals surface area contributed by atoms with E-state index >= 15 is 0 Å². The van der Waals surface area contributed by atoms with Crippen molar-refractivity contribution in [3.8, 4) is 0 Å². The lowest BCUT2D eigenvalue weighted by Crippen LogP contribution is -2.12. The van der Waals surface area contributed by atoms with E-state index in [0.717, 1.165) is 11.8 Å². The maximum atomic E-state index is 11.4. The number of aromatic nitrogens is 4. The van der Waals surface area contributed by atoms with E-state index in [1.807, 2.05) is 6.92 Å². The molecule has 0 radical (unpaired) electrons. The number of hydrogen-bond donors (Lipinski definition) is 4. The number of hydrazine groups is 1. The van der Waals surface area contributed by atoms with Crippen molar-refractivity contribution >= 4 is 23.4 Å². The lowest BCUT2D eigenvalue weighted by molar-refractivity contribution is 0.128. The van der Waals surface area contributed by atoms with Crippen LogP contribution in [-0.2, 0) is 11.3 Å². The Bertz CT molecular complexity index is 676. The molecule has 2 aromatic heterocycles. The van der Waals surface area contributed by atoms with Crippen LogP contribution in [0.1, 0.15) is 12.7 Å². The van der Waals surface area contributed by atoms with Crippen molar-refractivity contribution in [1.82, 2.24) is 19.9 Å². The van der Waals surface area contributed by atoms with Crippen molar-refractivity contribution < 1.29 is 4.74 Å². The van der Waals surface area contributed by atoms with Crippen LogP contribution < -0.4 is 22.6 Å². The zero-order valence-electron chi connectivity index (χ0n) is 11.3. The number of nitrogens with one attached hydrogen (secondary N) is 2. The molecular formula is C11H15N7O2S. The number of H-pyrrole nitrogens is 1. The molecule has 6 N–H and O–H groups in total. The highest BCUT2D eigenvalue weighted by molar-refractivity contribution is 7.99. The third kappa shape index (κ3) is 4.41. The molecule has 10 heteroatoms. The van der Waals surface area contributed by atoms with Gasteiger partial charge in [0, 0.05) is 18.7 Å². The number of hydrogen-bond acceptors (Lipinski definition) is 9. The molecule has 0 atom stereocenters. The molecule has 0 aliphatic carbocycles. The van der Waals surface area contributed by atoms with Gasteiger partial charge in [0.1, 0.15) is 23.3 Å². The molecule has 2 heterocycles. The number of aromatic amines is 1. The predicted molar refractivity (Wildman–Crippen MR) is 78.6 cm³/mol. The van der Waals surface area contributed by atoms with Crippen molar-refractivity contribution in [2.75, 3.05) is 17.8 Å². The Labute approximate surface area is 124 Å². The summed E-state index contributed by atoms with van der Waals surface area (Å²) >= 11 is 1.14. The molecule has 0 saturated heterocycles. The number of anilines is 2. The predicted octanol–water partition coefficient (Wildman–Crippen LogP) is 0.115. The molecule has 9 nitrogen and oxygen atoms in total. The fourth-order valence-corrected chi connectivity index (χ4v) is 2.28. The van der Waals surface area contributed by atoms with Crippen LogP contribution in [0, 0.1) is 0 Å². The highest BCUT2D eigenvalue weighted by atomic mass is 32.2. The largest absolute Gasteiger partial charge is 0.383 e. The molecule has 0 saturated carbocycles. The first kappa shape index (κ1) is 15.2. The maximum absolute atomic E-state index is 11.4. The highest BCUT2D eigenvalue weighted by Gasteiger charge is 2.08. The van der Waals surface area contributed by atoms with Gasteiger partial charge in [-0.1, -0.05) is 0 Å². The standard InChI is InChI=1S/C11H15N7O2S/c1-2-20-5-8-15-7(18-13)4-10(16-8)21-11-14-6(12)3-9(19)17-11/h3-4H,2,5,13H2,1H3,(H,15,16,18)(H3,12,14,17,19). The third-order valence-electron chi connectivity index (χ3n) is 2.27. The lowest BCUT2D eigenvalue weighted by Gasteiger charge is -2.07. The second-order valence-corrected chi connectivity index (χ2v) is 4.88. The van der Waals surface area contributed by atoms with Gasteiger partial charge in [0.2, 0.25) is 0 Å². The summed E-state index contributed by atoms with van der Waals surface area (Å²) in [6.07, 6.45) is 0. The van der Waals surface area contributed by atoms with Crippen LogP contribution >= 0.6 is 11.8 Å². The number of nitrogens with zero attached hydrogens (tertiary/aromatic N) is 3. The smallest absolute Gasteiger partial charge is 0.253 e. The summed E-state index contributed by atoms with van der Waals surface area (Å²) in [7, 11) is 0. The Kier molecular flexibility index (Phi) is 5.09. The third-order valence-corrected chi connectivity index (χ3v) is 3.08. The Balaban J connectivity index is 2.27. The fraction of sp³-hybridized carbons (Fsp3) is 0.273. The van der Waals surface area contributed by atoms with Gasteiger partial charge in [-0.25, -0.2) is 20.8 Å². The first-order chi connectivity index (χ1) is 10.1. The molecule has 21 heavy (non-hydrogen) atoms. The van der Waals surface area contributed by atoms with Gasteiger partial charge in [-0.15, -0.1) is 0 Å². The summed E-state index contributed by atoms with van der Waals surface area (Å²) in [5.41, 5.74) is 7.66. The SMILES string of the molecule is CCOCc1nc(NN)cc(Sc2nc(N)cc(=O)[nH]2)n1. The number of nitrogen functional groups attached to an aromatic ring is 2. The molecule has 112 valence electrons. The Morgan fingerprint density at radius 3 is 2.86 bits per heavy atom. The van der Waals surface area contributed by atoms with Crippen molar-refractivity contribution in [2.45, 2.75) is 23.7 Å². The van der Waals surface area contributed by atoms with E-state index in [2.05, 4.69) is 25.4 Å². The molecule has 2 aromatic rings. The summed E-state index contributed by atoms with van der Waals surface area (Å²) in [5.74, 6) is 6.43. The summed E-state index contributed by atoms with van der Waals surface area (Å²) in [4.78, 5) is 26.4. The molecule has 2 rings (SSSR count). The molecule has 0 aliphatic heterocycles. The minimum Gasteiger partial charge on any atom is -0.383 e. The van der Waals surface area contributed by atoms with Crippen molar-refractivity contribution in [3.63, 3.8) is 0 Å². The second kappa shape index (κ2) is 7.02. The molecule has 0 amide bonds. The summed E-state index contributed by atoms with van der Waals surface area (Å²) in [6.45, 7) is 2.69. The topological polar surface area (TPSA) is 145 Å². The molecule has 0 aromatic carbocycles. The zero-order valence-corrected chi connectivity index (χ0v) is 12.1. The van der Waals surface area contributed by atoms with Gasteiger partial charge in [-0.05, 0) is 18.7 Å². The number of rotatable bonds is 6.